The van der Waals surface area contributed by atoms with Gasteiger partial charge in [0.15, 0.2) is 0 Å². The van der Waals surface area contributed by atoms with E-state index in [9.17, 15) is 5.11 Å². The second-order valence-electron chi connectivity index (χ2n) is 5.44. The average Bonchev–Trinajstić information content (AvgIpc) is 2.23. The van der Waals surface area contributed by atoms with Crippen molar-refractivity contribution in [1.82, 2.24) is 5.32 Å². The van der Waals surface area contributed by atoms with E-state index in [1.807, 2.05) is 12.1 Å². The molecule has 0 amide bonds. The summed E-state index contributed by atoms with van der Waals surface area (Å²) in [7, 11) is 0. The molecule has 0 aliphatic heterocycles. The summed E-state index contributed by atoms with van der Waals surface area (Å²) in [6.45, 7) is 9.90. The highest BCUT2D eigenvalue weighted by Gasteiger charge is 2.14. The maximum absolute atomic E-state index is 9.47. The van der Waals surface area contributed by atoms with Crippen LogP contribution in [0.3, 0.4) is 0 Å². The van der Waals surface area contributed by atoms with Crippen molar-refractivity contribution >= 4 is 0 Å². The number of aromatic hydroxyl groups is 1. The van der Waals surface area contributed by atoms with E-state index in [1.54, 1.807) is 6.07 Å². The molecule has 0 saturated heterocycles. The minimum Gasteiger partial charge on any atom is -0.508 e. The minimum atomic E-state index is 0.363. The van der Waals surface area contributed by atoms with Gasteiger partial charge in [0, 0.05) is 6.04 Å². The Morgan fingerprint density at radius 2 is 1.88 bits per heavy atom. The zero-order valence-electron chi connectivity index (χ0n) is 11.4. The molecular formula is C15H25NO. The molecule has 0 spiro atoms. The molecule has 0 aliphatic rings. The molecule has 1 rings (SSSR count). The Hall–Kier alpha value is -1.02. The molecule has 1 atom stereocenters. The smallest absolute Gasteiger partial charge is 0.115 e. The molecule has 0 radical (unpaired) electrons. The fourth-order valence-corrected chi connectivity index (χ4v) is 1.92. The number of rotatable bonds is 6. The third-order valence-corrected chi connectivity index (χ3v) is 3.14. The third-order valence-electron chi connectivity index (χ3n) is 3.14. The molecule has 96 valence electrons. The molecule has 2 heteroatoms. The van der Waals surface area contributed by atoms with E-state index < -0.39 is 0 Å². The average molecular weight is 235 g/mol. The zero-order chi connectivity index (χ0) is 12.8. The number of phenolic OH excluding ortho intramolecular Hbond substituents is 1. The van der Waals surface area contributed by atoms with E-state index in [0.29, 0.717) is 23.6 Å². The van der Waals surface area contributed by atoms with Crippen LogP contribution in [0.4, 0.5) is 0 Å². The van der Waals surface area contributed by atoms with E-state index in [2.05, 4.69) is 39.1 Å². The predicted molar refractivity (Wildman–Crippen MR) is 73.3 cm³/mol. The van der Waals surface area contributed by atoms with Gasteiger partial charge >= 0.3 is 0 Å². The molecular weight excluding hydrogens is 210 g/mol. The molecule has 1 aromatic rings. The first kappa shape index (κ1) is 14.0. The molecule has 0 aliphatic carbocycles. The lowest BCUT2D eigenvalue weighted by Gasteiger charge is -2.23. The number of nitrogens with one attached hydrogen (secondary N) is 1. The first-order chi connectivity index (χ1) is 7.99. The number of hydrogen-bond donors (Lipinski definition) is 2. The molecule has 1 aromatic carbocycles. The fraction of sp³-hybridized carbons (Fsp3) is 0.600. The fourth-order valence-electron chi connectivity index (χ4n) is 1.92. The molecule has 0 heterocycles. The normalized spacial score (nSPS) is 13.3. The molecule has 2 N–H and O–H groups in total. The molecule has 2 nitrogen and oxygen atoms in total. The molecule has 0 aromatic heterocycles. The van der Waals surface area contributed by atoms with Gasteiger partial charge in [-0.2, -0.15) is 0 Å². The number of phenols is 1. The Labute approximate surface area is 105 Å². The highest BCUT2D eigenvalue weighted by Crippen LogP contribution is 2.19. The Morgan fingerprint density at radius 3 is 2.41 bits per heavy atom. The van der Waals surface area contributed by atoms with E-state index in [1.165, 1.54) is 5.56 Å². The summed E-state index contributed by atoms with van der Waals surface area (Å²) in [5.41, 5.74) is 1.22. The standard InChI is InChI=1S/C15H25NO/c1-11(2)14(10-16-12(3)4)8-13-6-5-7-15(17)9-13/h5-7,9,11-12,14,16-17H,8,10H2,1-4H3. The van der Waals surface area contributed by atoms with E-state index in [-0.39, 0.29) is 0 Å². The maximum atomic E-state index is 9.47. The van der Waals surface area contributed by atoms with Crippen LogP contribution in [-0.4, -0.2) is 17.7 Å². The van der Waals surface area contributed by atoms with E-state index in [0.717, 1.165) is 13.0 Å². The lowest BCUT2D eigenvalue weighted by Crippen LogP contribution is -2.32. The quantitative estimate of drug-likeness (QED) is 0.793. The molecule has 0 bridgehead atoms. The van der Waals surface area contributed by atoms with Crippen LogP contribution in [0, 0.1) is 11.8 Å². The van der Waals surface area contributed by atoms with Crippen molar-refractivity contribution in [2.75, 3.05) is 6.54 Å². The van der Waals surface area contributed by atoms with Gasteiger partial charge in [0.1, 0.15) is 5.75 Å². The summed E-state index contributed by atoms with van der Waals surface area (Å²) in [4.78, 5) is 0. The third kappa shape index (κ3) is 5.22. The van der Waals surface area contributed by atoms with Crippen molar-refractivity contribution in [2.24, 2.45) is 11.8 Å². The van der Waals surface area contributed by atoms with Crippen molar-refractivity contribution in [3.63, 3.8) is 0 Å². The predicted octanol–water partition coefficient (Wildman–Crippen LogP) is 3.20. The van der Waals surface area contributed by atoms with E-state index >= 15 is 0 Å². The van der Waals surface area contributed by atoms with Gasteiger partial charge in [0.25, 0.3) is 0 Å². The topological polar surface area (TPSA) is 32.3 Å². The van der Waals surface area contributed by atoms with Gasteiger partial charge in [0.05, 0.1) is 0 Å². The van der Waals surface area contributed by atoms with Crippen molar-refractivity contribution in [3.05, 3.63) is 29.8 Å². The second kappa shape index (κ2) is 6.65. The molecule has 1 unspecified atom stereocenters. The lowest BCUT2D eigenvalue weighted by atomic mass is 9.89. The van der Waals surface area contributed by atoms with Crippen LogP contribution in [0.1, 0.15) is 33.3 Å². The minimum absolute atomic E-state index is 0.363. The van der Waals surface area contributed by atoms with Crippen LogP contribution < -0.4 is 5.32 Å². The van der Waals surface area contributed by atoms with Crippen LogP contribution in [0.2, 0.25) is 0 Å². The molecule has 0 saturated carbocycles. The second-order valence-corrected chi connectivity index (χ2v) is 5.44. The van der Waals surface area contributed by atoms with Crippen molar-refractivity contribution < 1.29 is 5.11 Å². The summed E-state index contributed by atoms with van der Waals surface area (Å²) in [5.74, 6) is 1.62. The largest absolute Gasteiger partial charge is 0.508 e. The van der Waals surface area contributed by atoms with Crippen molar-refractivity contribution in [3.8, 4) is 5.75 Å². The van der Waals surface area contributed by atoms with Gasteiger partial charge in [-0.15, -0.1) is 0 Å². The number of hydrogen-bond acceptors (Lipinski definition) is 2. The van der Waals surface area contributed by atoms with Gasteiger partial charge in [0.2, 0.25) is 0 Å². The first-order valence-electron chi connectivity index (χ1n) is 6.50. The van der Waals surface area contributed by atoms with Gasteiger partial charge in [-0.3, -0.25) is 0 Å². The van der Waals surface area contributed by atoms with E-state index in [4.69, 9.17) is 0 Å². The molecule has 17 heavy (non-hydrogen) atoms. The molecule has 0 fully saturated rings. The van der Waals surface area contributed by atoms with Gasteiger partial charge in [-0.25, -0.2) is 0 Å². The monoisotopic (exact) mass is 235 g/mol. The summed E-state index contributed by atoms with van der Waals surface area (Å²) >= 11 is 0. The highest BCUT2D eigenvalue weighted by atomic mass is 16.3. The highest BCUT2D eigenvalue weighted by molar-refractivity contribution is 5.27. The van der Waals surface area contributed by atoms with Crippen LogP contribution in [-0.2, 0) is 6.42 Å². The SMILES string of the molecule is CC(C)NCC(Cc1cccc(O)c1)C(C)C. The lowest BCUT2D eigenvalue weighted by molar-refractivity contribution is 0.348. The summed E-state index contributed by atoms with van der Waals surface area (Å²) in [6.07, 6.45) is 1.02. The van der Waals surface area contributed by atoms with Gasteiger partial charge in [-0.05, 0) is 42.5 Å². The summed E-state index contributed by atoms with van der Waals surface area (Å²) in [5, 5.41) is 13.0. The Kier molecular flexibility index (Phi) is 5.49. The maximum Gasteiger partial charge on any atom is 0.115 e. The van der Waals surface area contributed by atoms with Crippen LogP contribution in [0.15, 0.2) is 24.3 Å². The van der Waals surface area contributed by atoms with Crippen molar-refractivity contribution in [1.29, 1.82) is 0 Å². The van der Waals surface area contributed by atoms with Crippen molar-refractivity contribution in [2.45, 2.75) is 40.2 Å². The first-order valence-corrected chi connectivity index (χ1v) is 6.50. The Bertz CT molecular complexity index is 333. The summed E-state index contributed by atoms with van der Waals surface area (Å²) in [6, 6.07) is 8.12. The Balaban J connectivity index is 2.60. The number of benzene rings is 1. The van der Waals surface area contributed by atoms with Crippen LogP contribution in [0.5, 0.6) is 5.75 Å². The zero-order valence-corrected chi connectivity index (χ0v) is 11.4. The Morgan fingerprint density at radius 1 is 1.18 bits per heavy atom. The van der Waals surface area contributed by atoms with Crippen LogP contribution in [0.25, 0.3) is 0 Å². The van der Waals surface area contributed by atoms with Gasteiger partial charge in [-0.1, -0.05) is 39.8 Å². The van der Waals surface area contributed by atoms with Crippen LogP contribution >= 0.6 is 0 Å². The summed E-state index contributed by atoms with van der Waals surface area (Å²) < 4.78 is 0. The van der Waals surface area contributed by atoms with Gasteiger partial charge < -0.3 is 10.4 Å².